The van der Waals surface area contributed by atoms with Gasteiger partial charge in [-0.2, -0.15) is 0 Å². The van der Waals surface area contributed by atoms with Gasteiger partial charge >= 0.3 is 5.97 Å². The van der Waals surface area contributed by atoms with Gasteiger partial charge in [-0.15, -0.1) is 0 Å². The number of benzene rings is 3. The summed E-state index contributed by atoms with van der Waals surface area (Å²) in [7, 11) is 1.32. The molecular weight excluding hydrogens is 428 g/mol. The minimum Gasteiger partial charge on any atom is -0.465 e. The molecule has 3 aromatic rings. The van der Waals surface area contributed by atoms with Gasteiger partial charge in [0.1, 0.15) is 0 Å². The first kappa shape index (κ1) is 22.6. The smallest absolute Gasteiger partial charge is 0.337 e. The van der Waals surface area contributed by atoms with Crippen LogP contribution in [0.15, 0.2) is 72.8 Å². The molecular formula is C25H19ClN2O4. The van der Waals surface area contributed by atoms with Crippen molar-refractivity contribution >= 4 is 35.1 Å². The van der Waals surface area contributed by atoms with Gasteiger partial charge in [0, 0.05) is 16.8 Å². The second-order valence-electron chi connectivity index (χ2n) is 6.61. The van der Waals surface area contributed by atoms with Crippen LogP contribution in [0, 0.1) is 11.8 Å². The molecule has 0 atom stereocenters. The molecule has 0 fully saturated rings. The standard InChI is InChI=1S/C25H19ClN2O4/c1-32-25(31)19-8-4-6-17(14-19)12-13-18-7-5-9-20(15-18)28-23(29)16-27-24(30)21-10-2-3-11-22(21)26/h2-11,14-15H,16H2,1H3,(H,27,30)(H,28,29). The molecule has 0 bridgehead atoms. The first-order chi connectivity index (χ1) is 15.5. The van der Waals surface area contributed by atoms with Gasteiger partial charge in [-0.1, -0.05) is 47.7 Å². The van der Waals surface area contributed by atoms with Gasteiger partial charge in [0.05, 0.1) is 29.8 Å². The summed E-state index contributed by atoms with van der Waals surface area (Å²) >= 11 is 5.99. The summed E-state index contributed by atoms with van der Waals surface area (Å²) in [5.41, 5.74) is 2.59. The zero-order valence-electron chi connectivity index (χ0n) is 17.1. The largest absolute Gasteiger partial charge is 0.465 e. The average Bonchev–Trinajstić information content (AvgIpc) is 2.81. The third-order valence-corrected chi connectivity index (χ3v) is 4.64. The van der Waals surface area contributed by atoms with Crippen LogP contribution < -0.4 is 10.6 Å². The fourth-order valence-corrected chi connectivity index (χ4v) is 2.99. The Morgan fingerprint density at radius 1 is 0.906 bits per heavy atom. The molecule has 0 heterocycles. The van der Waals surface area contributed by atoms with Crippen LogP contribution in [0.25, 0.3) is 0 Å². The molecule has 0 aromatic heterocycles. The number of methoxy groups -OCH3 is 1. The highest BCUT2D eigenvalue weighted by Gasteiger charge is 2.11. The molecule has 0 radical (unpaired) electrons. The lowest BCUT2D eigenvalue weighted by atomic mass is 10.1. The van der Waals surface area contributed by atoms with E-state index in [9.17, 15) is 14.4 Å². The molecule has 0 saturated heterocycles. The Labute approximate surface area is 190 Å². The van der Waals surface area contributed by atoms with Crippen LogP contribution in [0.1, 0.15) is 31.8 Å². The number of nitrogens with one attached hydrogen (secondary N) is 2. The summed E-state index contributed by atoms with van der Waals surface area (Å²) in [6, 6.07) is 20.4. The lowest BCUT2D eigenvalue weighted by molar-refractivity contribution is -0.115. The average molecular weight is 447 g/mol. The second-order valence-corrected chi connectivity index (χ2v) is 7.02. The van der Waals surface area contributed by atoms with Gasteiger partial charge in [-0.25, -0.2) is 4.79 Å². The van der Waals surface area contributed by atoms with E-state index in [0.717, 1.165) is 0 Å². The van der Waals surface area contributed by atoms with Crippen molar-refractivity contribution < 1.29 is 19.1 Å². The number of esters is 1. The molecule has 2 N–H and O–H groups in total. The van der Waals surface area contributed by atoms with Crippen molar-refractivity contribution in [3.63, 3.8) is 0 Å². The zero-order chi connectivity index (χ0) is 22.9. The van der Waals surface area contributed by atoms with Gasteiger partial charge in [0.2, 0.25) is 5.91 Å². The third-order valence-electron chi connectivity index (χ3n) is 4.31. The normalized spacial score (nSPS) is 9.81. The Bertz CT molecular complexity index is 1230. The summed E-state index contributed by atoms with van der Waals surface area (Å²) in [6.07, 6.45) is 0. The Balaban J connectivity index is 1.61. The molecule has 3 aromatic carbocycles. The van der Waals surface area contributed by atoms with Crippen LogP contribution in [0.4, 0.5) is 5.69 Å². The lowest BCUT2D eigenvalue weighted by Crippen LogP contribution is -2.33. The first-order valence-corrected chi connectivity index (χ1v) is 9.97. The summed E-state index contributed by atoms with van der Waals surface area (Å²) < 4.78 is 4.71. The van der Waals surface area contributed by atoms with E-state index in [1.165, 1.54) is 7.11 Å². The summed E-state index contributed by atoms with van der Waals surface area (Å²) in [5, 5.41) is 5.57. The van der Waals surface area contributed by atoms with E-state index < -0.39 is 11.9 Å². The lowest BCUT2D eigenvalue weighted by Gasteiger charge is -2.08. The Hall–Kier alpha value is -4.08. The van der Waals surface area contributed by atoms with Crippen LogP contribution in [-0.2, 0) is 9.53 Å². The van der Waals surface area contributed by atoms with Crippen LogP contribution in [0.2, 0.25) is 5.02 Å². The molecule has 0 saturated carbocycles. The maximum Gasteiger partial charge on any atom is 0.337 e. The zero-order valence-corrected chi connectivity index (χ0v) is 17.9. The van der Waals surface area contributed by atoms with Crippen LogP contribution >= 0.6 is 11.6 Å². The number of carbonyl (C=O) groups is 3. The highest BCUT2D eigenvalue weighted by molar-refractivity contribution is 6.33. The van der Waals surface area contributed by atoms with E-state index in [4.69, 9.17) is 16.3 Å². The van der Waals surface area contributed by atoms with E-state index in [1.807, 2.05) is 0 Å². The minimum absolute atomic E-state index is 0.208. The molecule has 32 heavy (non-hydrogen) atoms. The first-order valence-electron chi connectivity index (χ1n) is 9.59. The fraction of sp³-hybridized carbons (Fsp3) is 0.0800. The van der Waals surface area contributed by atoms with Crippen molar-refractivity contribution in [1.82, 2.24) is 5.32 Å². The predicted molar refractivity (Wildman–Crippen MR) is 123 cm³/mol. The van der Waals surface area contributed by atoms with Crippen molar-refractivity contribution in [2.45, 2.75) is 0 Å². The van der Waals surface area contributed by atoms with Gasteiger partial charge < -0.3 is 15.4 Å². The number of halogens is 1. The number of rotatable bonds is 5. The molecule has 6 nitrogen and oxygen atoms in total. The SMILES string of the molecule is COC(=O)c1cccc(C#Cc2cccc(NC(=O)CNC(=O)c3ccccc3Cl)c2)c1. The molecule has 160 valence electrons. The van der Waals surface area contributed by atoms with E-state index in [1.54, 1.807) is 72.8 Å². The van der Waals surface area contributed by atoms with Gasteiger partial charge in [0.15, 0.2) is 0 Å². The number of hydrogen-bond acceptors (Lipinski definition) is 4. The second kappa shape index (κ2) is 10.8. The van der Waals surface area contributed by atoms with E-state index >= 15 is 0 Å². The van der Waals surface area contributed by atoms with E-state index in [-0.39, 0.29) is 12.5 Å². The molecule has 7 heteroatoms. The third kappa shape index (κ3) is 6.21. The van der Waals surface area contributed by atoms with Crippen molar-refractivity contribution in [3.05, 3.63) is 100 Å². The Morgan fingerprint density at radius 2 is 1.59 bits per heavy atom. The fourth-order valence-electron chi connectivity index (χ4n) is 2.77. The van der Waals surface area contributed by atoms with Crippen molar-refractivity contribution in [2.24, 2.45) is 0 Å². The quantitative estimate of drug-likeness (QED) is 0.460. The highest BCUT2D eigenvalue weighted by Crippen LogP contribution is 2.14. The van der Waals surface area contributed by atoms with Crippen molar-refractivity contribution in [3.8, 4) is 11.8 Å². The van der Waals surface area contributed by atoms with Gasteiger partial charge in [-0.3, -0.25) is 9.59 Å². The number of amides is 2. The maximum atomic E-state index is 12.2. The van der Waals surface area contributed by atoms with Crippen LogP contribution in [0.5, 0.6) is 0 Å². The molecule has 0 aliphatic carbocycles. The monoisotopic (exact) mass is 446 g/mol. The van der Waals surface area contributed by atoms with Crippen LogP contribution in [0.3, 0.4) is 0 Å². The summed E-state index contributed by atoms with van der Waals surface area (Å²) in [5.74, 6) is 4.73. The summed E-state index contributed by atoms with van der Waals surface area (Å²) in [6.45, 7) is -0.208. The molecule has 0 aliphatic heterocycles. The number of hydrogen-bond donors (Lipinski definition) is 2. The van der Waals surface area contributed by atoms with Crippen LogP contribution in [-0.4, -0.2) is 31.4 Å². The molecule has 3 rings (SSSR count). The summed E-state index contributed by atoms with van der Waals surface area (Å²) in [4.78, 5) is 36.0. The number of carbonyl (C=O) groups excluding carboxylic acids is 3. The molecule has 2 amide bonds. The predicted octanol–water partition coefficient (Wildman–Crippen LogP) is 3.89. The molecule has 0 unspecified atom stereocenters. The molecule has 0 spiro atoms. The number of ether oxygens (including phenoxy) is 1. The van der Waals surface area contributed by atoms with Gasteiger partial charge in [-0.05, 0) is 48.5 Å². The number of anilines is 1. The highest BCUT2D eigenvalue weighted by atomic mass is 35.5. The minimum atomic E-state index is -0.431. The Kier molecular flexibility index (Phi) is 7.63. The van der Waals surface area contributed by atoms with Gasteiger partial charge in [0.25, 0.3) is 5.91 Å². The van der Waals surface area contributed by atoms with E-state index in [0.29, 0.717) is 33.0 Å². The maximum absolute atomic E-state index is 12.2. The van der Waals surface area contributed by atoms with Crippen molar-refractivity contribution in [1.29, 1.82) is 0 Å². The molecule has 0 aliphatic rings. The van der Waals surface area contributed by atoms with E-state index in [2.05, 4.69) is 22.5 Å². The van der Waals surface area contributed by atoms with Crippen molar-refractivity contribution in [2.75, 3.05) is 19.0 Å². The Morgan fingerprint density at radius 3 is 2.31 bits per heavy atom. The topological polar surface area (TPSA) is 84.5 Å².